The smallest absolute Gasteiger partial charge is 0.337 e. The van der Waals surface area contributed by atoms with Crippen molar-refractivity contribution in [1.82, 2.24) is 15.2 Å². The molecule has 11 heteroatoms. The highest BCUT2D eigenvalue weighted by Gasteiger charge is 2.36. The molecule has 4 rings (SSSR count). The number of esters is 1. The lowest BCUT2D eigenvalue weighted by Gasteiger charge is -2.39. The van der Waals surface area contributed by atoms with Crippen molar-refractivity contribution in [3.8, 4) is 0 Å². The number of thiazole rings is 1. The summed E-state index contributed by atoms with van der Waals surface area (Å²) >= 11 is 4.57. The van der Waals surface area contributed by atoms with Crippen molar-refractivity contribution in [3.63, 3.8) is 0 Å². The summed E-state index contributed by atoms with van der Waals surface area (Å²) < 4.78 is 18.0. The van der Waals surface area contributed by atoms with Crippen LogP contribution in [-0.4, -0.2) is 65.0 Å². The van der Waals surface area contributed by atoms with Gasteiger partial charge in [-0.25, -0.2) is 14.2 Å². The molecule has 0 radical (unpaired) electrons. The van der Waals surface area contributed by atoms with Gasteiger partial charge < -0.3 is 15.2 Å². The molecule has 170 valence electrons. The predicted octanol–water partition coefficient (Wildman–Crippen LogP) is 3.06. The Hall–Kier alpha value is -2.63. The third-order valence-corrected chi connectivity index (χ3v) is 6.02. The van der Waals surface area contributed by atoms with Gasteiger partial charge in [0, 0.05) is 34.8 Å². The molecule has 2 aromatic rings. The number of nitrogens with zero attached hydrogens (tertiary/aromatic N) is 3. The second-order valence-electron chi connectivity index (χ2n) is 6.86. The Morgan fingerprint density at radius 2 is 2.25 bits per heavy atom. The maximum absolute atomic E-state index is 12.2. The van der Waals surface area contributed by atoms with E-state index in [-0.39, 0.29) is 19.0 Å². The van der Waals surface area contributed by atoms with Crippen LogP contribution in [0.2, 0.25) is 0 Å². The van der Waals surface area contributed by atoms with Crippen LogP contribution in [0.4, 0.5) is 4.39 Å². The topological polar surface area (TPSA) is 104 Å². The Kier molecular flexibility index (Phi) is 8.48. The van der Waals surface area contributed by atoms with Crippen molar-refractivity contribution in [1.29, 1.82) is 0 Å². The maximum Gasteiger partial charge on any atom is 0.337 e. The lowest BCUT2D eigenvalue weighted by atomic mass is 10.0. The number of carboxylic acids is 1. The molecule has 2 N–H and O–H groups in total. The van der Waals surface area contributed by atoms with E-state index in [9.17, 15) is 19.1 Å². The predicted molar refractivity (Wildman–Crippen MR) is 122 cm³/mol. The van der Waals surface area contributed by atoms with E-state index in [1.807, 2.05) is 10.3 Å². The second kappa shape index (κ2) is 11.3. The third kappa shape index (κ3) is 6.21. The number of hydrogen-bond acceptors (Lipinski definition) is 8. The van der Waals surface area contributed by atoms with Crippen LogP contribution in [0.1, 0.15) is 18.4 Å². The number of nitrogens with one attached hydrogen (secondary N) is 1. The van der Waals surface area contributed by atoms with Gasteiger partial charge in [-0.1, -0.05) is 22.0 Å². The number of rotatable bonds is 6. The molecule has 2 aliphatic heterocycles. The van der Waals surface area contributed by atoms with Gasteiger partial charge in [-0.15, -0.1) is 11.3 Å². The molecule has 8 nitrogen and oxygen atoms in total. The number of amidine groups is 1. The van der Waals surface area contributed by atoms with Gasteiger partial charge >= 0.3 is 11.9 Å². The molecular weight excluding hydrogens is 503 g/mol. The highest BCUT2D eigenvalue weighted by atomic mass is 79.9. The molecule has 0 saturated carbocycles. The Morgan fingerprint density at radius 3 is 2.78 bits per heavy atom. The summed E-state index contributed by atoms with van der Waals surface area (Å²) in [7, 11) is 0. The Labute approximate surface area is 197 Å². The summed E-state index contributed by atoms with van der Waals surface area (Å²) in [6.45, 7) is 3.24. The maximum atomic E-state index is 12.2. The monoisotopic (exact) mass is 524 g/mol. The zero-order valence-corrected chi connectivity index (χ0v) is 19.7. The summed E-state index contributed by atoms with van der Waals surface area (Å²) in [4.78, 5) is 33.8. The van der Waals surface area contributed by atoms with E-state index in [1.54, 1.807) is 25.3 Å². The van der Waals surface area contributed by atoms with Gasteiger partial charge in [-0.2, -0.15) is 0 Å². The van der Waals surface area contributed by atoms with Crippen molar-refractivity contribution in [2.45, 2.75) is 19.4 Å². The summed E-state index contributed by atoms with van der Waals surface area (Å²) in [6, 6.07) is 5.75. The molecule has 3 heterocycles. The molecular formula is C21H22BrFN4O4S. The number of hydrogen-bond donors (Lipinski definition) is 2. The fourth-order valence-corrected chi connectivity index (χ4v) is 4.06. The SMILES string of the molecule is CCOC(=O)C1=C(CN2CCC2C(=O)O)NC(c2nccs2)=NC1.Fc1cccc(Br)c1. The number of benzene rings is 1. The summed E-state index contributed by atoms with van der Waals surface area (Å²) in [5.74, 6) is -0.877. The normalized spacial score (nSPS) is 18.0. The third-order valence-electron chi connectivity index (χ3n) is 4.75. The lowest BCUT2D eigenvalue weighted by molar-refractivity contribution is -0.147. The van der Waals surface area contributed by atoms with E-state index in [2.05, 4.69) is 31.2 Å². The number of likely N-dealkylation sites (tertiary alicyclic amines) is 1. The van der Waals surface area contributed by atoms with Gasteiger partial charge in [0.1, 0.15) is 11.9 Å². The first-order valence-corrected chi connectivity index (χ1v) is 11.5. The number of halogens is 2. The zero-order valence-electron chi connectivity index (χ0n) is 17.3. The van der Waals surface area contributed by atoms with Crippen LogP contribution < -0.4 is 5.32 Å². The zero-order chi connectivity index (χ0) is 23.1. The van der Waals surface area contributed by atoms with E-state index >= 15 is 0 Å². The van der Waals surface area contributed by atoms with Crippen LogP contribution in [0.25, 0.3) is 0 Å². The molecule has 0 bridgehead atoms. The summed E-state index contributed by atoms with van der Waals surface area (Å²) in [6.07, 6.45) is 2.30. The fraction of sp³-hybridized carbons (Fsp3) is 0.333. The highest BCUT2D eigenvalue weighted by Crippen LogP contribution is 2.22. The molecule has 1 saturated heterocycles. The van der Waals surface area contributed by atoms with Gasteiger partial charge in [0.2, 0.25) is 0 Å². The van der Waals surface area contributed by atoms with E-state index < -0.39 is 18.0 Å². The van der Waals surface area contributed by atoms with E-state index in [4.69, 9.17) is 4.74 Å². The quantitative estimate of drug-likeness (QED) is 0.559. The number of carbonyl (C=O) groups excluding carboxylic acids is 1. The molecule has 0 spiro atoms. The van der Waals surface area contributed by atoms with Crippen molar-refractivity contribution in [2.75, 3.05) is 26.2 Å². The average Bonchev–Trinajstić information content (AvgIpc) is 3.26. The first-order valence-electron chi connectivity index (χ1n) is 9.87. The van der Waals surface area contributed by atoms with E-state index in [1.165, 1.54) is 23.5 Å². The Bertz CT molecular complexity index is 1010. The number of aliphatic imine (C=N–C) groups is 1. The van der Waals surface area contributed by atoms with Crippen molar-refractivity contribution in [2.24, 2.45) is 4.99 Å². The summed E-state index contributed by atoms with van der Waals surface area (Å²) in [5.41, 5.74) is 1.08. The van der Waals surface area contributed by atoms with Crippen LogP contribution in [0.3, 0.4) is 0 Å². The number of ether oxygens (including phenoxy) is 1. The van der Waals surface area contributed by atoms with Crippen molar-refractivity contribution >= 4 is 45.0 Å². The Balaban J connectivity index is 0.000000305. The number of carbonyl (C=O) groups is 2. The number of aromatic nitrogens is 1. The second-order valence-corrected chi connectivity index (χ2v) is 8.67. The first-order chi connectivity index (χ1) is 15.4. The van der Waals surface area contributed by atoms with Crippen LogP contribution in [0, 0.1) is 5.82 Å². The molecule has 2 aliphatic rings. The van der Waals surface area contributed by atoms with Crippen LogP contribution >= 0.6 is 27.3 Å². The van der Waals surface area contributed by atoms with Crippen LogP contribution in [0.5, 0.6) is 0 Å². The van der Waals surface area contributed by atoms with Crippen LogP contribution in [-0.2, 0) is 14.3 Å². The molecule has 0 amide bonds. The van der Waals surface area contributed by atoms with Gasteiger partial charge in [0.05, 0.1) is 18.7 Å². The van der Waals surface area contributed by atoms with E-state index in [0.29, 0.717) is 36.6 Å². The highest BCUT2D eigenvalue weighted by molar-refractivity contribution is 9.10. The minimum atomic E-state index is -0.843. The largest absolute Gasteiger partial charge is 0.480 e. The fourth-order valence-electron chi connectivity index (χ4n) is 3.09. The molecule has 0 aliphatic carbocycles. The molecule has 1 fully saturated rings. The van der Waals surface area contributed by atoms with Crippen LogP contribution in [0.15, 0.2) is 56.6 Å². The summed E-state index contributed by atoms with van der Waals surface area (Å²) in [5, 5.41) is 14.9. The number of aliphatic carboxylic acids is 1. The standard InChI is InChI=1S/C15H18N4O4S.C6H4BrF/c1-2-23-15(22)9-7-17-12(13-16-4-6-24-13)18-10(9)8-19-5-3-11(19)14(20)21;7-5-2-1-3-6(8)4-5/h4,6,11H,2-3,5,7-8H2,1H3,(H,17,18)(H,20,21);1-4H. The average molecular weight is 525 g/mol. The van der Waals surface area contributed by atoms with Gasteiger partial charge in [-0.05, 0) is 31.5 Å². The van der Waals surface area contributed by atoms with Gasteiger partial charge in [0.25, 0.3) is 0 Å². The molecule has 32 heavy (non-hydrogen) atoms. The van der Waals surface area contributed by atoms with Gasteiger partial charge in [-0.3, -0.25) is 14.7 Å². The molecule has 1 unspecified atom stereocenters. The lowest BCUT2D eigenvalue weighted by Crippen LogP contribution is -2.54. The molecule has 1 aromatic heterocycles. The minimum absolute atomic E-state index is 0.196. The number of carboxylic acid groups (broad SMARTS) is 1. The first kappa shape index (κ1) is 24.0. The molecule has 1 aromatic carbocycles. The Morgan fingerprint density at radius 1 is 1.44 bits per heavy atom. The van der Waals surface area contributed by atoms with Crippen molar-refractivity contribution in [3.05, 3.63) is 62.4 Å². The molecule has 1 atom stereocenters. The van der Waals surface area contributed by atoms with Gasteiger partial charge in [0.15, 0.2) is 10.8 Å². The van der Waals surface area contributed by atoms with E-state index in [0.717, 1.165) is 9.48 Å². The minimum Gasteiger partial charge on any atom is -0.480 e. The van der Waals surface area contributed by atoms with Crippen molar-refractivity contribution < 1.29 is 23.8 Å².